The first-order valence-corrected chi connectivity index (χ1v) is 4.70. The van der Waals surface area contributed by atoms with Gasteiger partial charge in [0.1, 0.15) is 5.82 Å². The van der Waals surface area contributed by atoms with Crippen LogP contribution in [0.2, 0.25) is 5.02 Å². The number of benzene rings is 1. The number of rotatable bonds is 1. The van der Waals surface area contributed by atoms with Gasteiger partial charge in [0.15, 0.2) is 0 Å². The maximum Gasteiger partial charge on any atom is 0.256 e. The molecule has 5 heteroatoms. The molecule has 0 saturated heterocycles. The smallest absolute Gasteiger partial charge is 0.256 e. The van der Waals surface area contributed by atoms with E-state index >= 15 is 0 Å². The van der Waals surface area contributed by atoms with Crippen LogP contribution >= 0.6 is 45.8 Å². The molecule has 0 heterocycles. The Bertz CT molecular complexity index is 317. The molecule has 0 fully saturated rings. The standard InChI is InChI=1S/C7H2Cl2FIO/c8-4-1-3(11)2-5(10)6(4)7(9)12/h1-2H. The molecule has 0 N–H and O–H groups in total. The second-order valence-corrected chi connectivity index (χ2v) is 4.01. The Morgan fingerprint density at radius 2 is 2.08 bits per heavy atom. The SMILES string of the molecule is O=C(Cl)c1c(F)cc(I)cc1Cl. The van der Waals surface area contributed by atoms with Gasteiger partial charge in [-0.2, -0.15) is 0 Å². The molecule has 0 aliphatic heterocycles. The van der Waals surface area contributed by atoms with E-state index in [1.807, 2.05) is 22.6 Å². The lowest BCUT2D eigenvalue weighted by molar-refractivity contribution is 0.107. The monoisotopic (exact) mass is 318 g/mol. The average Bonchev–Trinajstić information content (AvgIpc) is 1.82. The van der Waals surface area contributed by atoms with Crippen LogP contribution in [-0.2, 0) is 0 Å². The van der Waals surface area contributed by atoms with Crippen LogP contribution in [0.5, 0.6) is 0 Å². The second-order valence-electron chi connectivity index (χ2n) is 2.02. The lowest BCUT2D eigenvalue weighted by Gasteiger charge is -2.00. The van der Waals surface area contributed by atoms with Crippen molar-refractivity contribution < 1.29 is 9.18 Å². The van der Waals surface area contributed by atoms with Crippen LogP contribution in [0.15, 0.2) is 12.1 Å². The van der Waals surface area contributed by atoms with Crippen molar-refractivity contribution in [3.63, 3.8) is 0 Å². The van der Waals surface area contributed by atoms with Crippen molar-refractivity contribution in [2.75, 3.05) is 0 Å². The van der Waals surface area contributed by atoms with E-state index in [1.165, 1.54) is 12.1 Å². The van der Waals surface area contributed by atoms with E-state index in [4.69, 9.17) is 23.2 Å². The molecule has 0 aliphatic carbocycles. The first-order valence-electron chi connectivity index (χ1n) is 2.86. The van der Waals surface area contributed by atoms with Gasteiger partial charge in [-0.25, -0.2) is 4.39 Å². The van der Waals surface area contributed by atoms with E-state index in [-0.39, 0.29) is 10.6 Å². The highest BCUT2D eigenvalue weighted by Gasteiger charge is 2.14. The first-order chi connectivity index (χ1) is 5.52. The minimum absolute atomic E-state index is 0.0411. The number of hydrogen-bond acceptors (Lipinski definition) is 1. The molecule has 0 aliphatic rings. The van der Waals surface area contributed by atoms with Crippen LogP contribution in [0.25, 0.3) is 0 Å². The van der Waals surface area contributed by atoms with Crippen LogP contribution in [-0.4, -0.2) is 5.24 Å². The highest BCUT2D eigenvalue weighted by molar-refractivity contribution is 14.1. The van der Waals surface area contributed by atoms with Crippen molar-refractivity contribution in [1.29, 1.82) is 0 Å². The summed E-state index contributed by atoms with van der Waals surface area (Å²) < 4.78 is 13.6. The molecule has 0 amide bonds. The van der Waals surface area contributed by atoms with Crippen molar-refractivity contribution >= 4 is 51.0 Å². The summed E-state index contributed by atoms with van der Waals surface area (Å²) >= 11 is 12.6. The molecule has 0 saturated carbocycles. The van der Waals surface area contributed by atoms with Crippen molar-refractivity contribution in [3.05, 3.63) is 32.1 Å². The van der Waals surface area contributed by atoms with Crippen molar-refractivity contribution in [1.82, 2.24) is 0 Å². The summed E-state index contributed by atoms with van der Waals surface area (Å²) in [5.74, 6) is -0.688. The molecule has 0 radical (unpaired) electrons. The molecule has 0 unspecified atom stereocenters. The van der Waals surface area contributed by atoms with Gasteiger partial charge in [-0.15, -0.1) is 0 Å². The number of halogens is 4. The Morgan fingerprint density at radius 1 is 1.50 bits per heavy atom. The van der Waals surface area contributed by atoms with Crippen molar-refractivity contribution in [3.8, 4) is 0 Å². The van der Waals surface area contributed by atoms with E-state index in [9.17, 15) is 9.18 Å². The summed E-state index contributed by atoms with van der Waals surface area (Å²) in [6, 6.07) is 2.67. The molecule has 1 nitrogen and oxygen atoms in total. The Hall–Kier alpha value is 0.130. The van der Waals surface area contributed by atoms with Gasteiger partial charge in [-0.3, -0.25) is 4.79 Å². The van der Waals surface area contributed by atoms with E-state index < -0.39 is 11.1 Å². The molecular formula is C7H2Cl2FIO. The summed E-state index contributed by atoms with van der Waals surface area (Å²) in [7, 11) is 0. The zero-order valence-electron chi connectivity index (χ0n) is 5.57. The molecule has 12 heavy (non-hydrogen) atoms. The molecule has 1 aromatic rings. The summed E-state index contributed by atoms with van der Waals surface area (Å²) in [6.07, 6.45) is 0. The topological polar surface area (TPSA) is 17.1 Å². The van der Waals surface area contributed by atoms with Gasteiger partial charge in [0.25, 0.3) is 5.24 Å². The number of hydrogen-bond donors (Lipinski definition) is 0. The van der Waals surface area contributed by atoms with Gasteiger partial charge in [-0.1, -0.05) is 11.6 Å². The average molecular weight is 319 g/mol. The second kappa shape index (κ2) is 3.89. The van der Waals surface area contributed by atoms with E-state index in [2.05, 4.69) is 0 Å². The largest absolute Gasteiger partial charge is 0.275 e. The minimum Gasteiger partial charge on any atom is -0.275 e. The molecule has 0 atom stereocenters. The summed E-state index contributed by atoms with van der Waals surface area (Å²) in [4.78, 5) is 10.6. The third-order valence-corrected chi connectivity index (χ3v) is 2.31. The molecule has 1 aromatic carbocycles. The van der Waals surface area contributed by atoms with Crippen LogP contribution in [0.4, 0.5) is 4.39 Å². The Kier molecular flexibility index (Phi) is 3.31. The highest BCUT2D eigenvalue weighted by atomic mass is 127. The highest BCUT2D eigenvalue weighted by Crippen LogP contribution is 2.23. The van der Waals surface area contributed by atoms with Gasteiger partial charge in [0.2, 0.25) is 0 Å². The van der Waals surface area contributed by atoms with E-state index in [1.54, 1.807) is 0 Å². The van der Waals surface area contributed by atoms with Gasteiger partial charge in [-0.05, 0) is 46.3 Å². The fourth-order valence-corrected chi connectivity index (χ4v) is 2.03. The zero-order valence-corrected chi connectivity index (χ0v) is 9.24. The molecular weight excluding hydrogens is 317 g/mol. The summed E-state index contributed by atoms with van der Waals surface area (Å²) in [5.41, 5.74) is -0.265. The fraction of sp³-hybridized carbons (Fsp3) is 0. The fourth-order valence-electron chi connectivity index (χ4n) is 0.730. The van der Waals surface area contributed by atoms with Crippen molar-refractivity contribution in [2.24, 2.45) is 0 Å². The first kappa shape index (κ1) is 10.2. The molecule has 1 rings (SSSR count). The zero-order chi connectivity index (χ0) is 9.30. The minimum atomic E-state index is -0.881. The van der Waals surface area contributed by atoms with Gasteiger partial charge >= 0.3 is 0 Å². The van der Waals surface area contributed by atoms with Crippen LogP contribution in [0.1, 0.15) is 10.4 Å². The quantitative estimate of drug-likeness (QED) is 0.572. The Labute approximate surface area is 92.0 Å². The molecule has 0 aromatic heterocycles. The summed E-state index contributed by atoms with van der Waals surface area (Å²) in [6.45, 7) is 0. The Morgan fingerprint density at radius 3 is 2.50 bits per heavy atom. The maximum atomic E-state index is 13.0. The van der Waals surface area contributed by atoms with Crippen LogP contribution in [0, 0.1) is 9.39 Å². The molecule has 64 valence electrons. The van der Waals surface area contributed by atoms with E-state index in [0.29, 0.717) is 3.57 Å². The summed E-state index contributed by atoms with van der Waals surface area (Å²) in [5, 5.41) is -0.840. The van der Waals surface area contributed by atoms with Gasteiger partial charge < -0.3 is 0 Å². The number of carbonyl (C=O) groups is 1. The van der Waals surface area contributed by atoms with Crippen LogP contribution in [0.3, 0.4) is 0 Å². The maximum absolute atomic E-state index is 13.0. The third-order valence-electron chi connectivity index (χ3n) is 1.20. The van der Waals surface area contributed by atoms with Crippen LogP contribution < -0.4 is 0 Å². The number of carbonyl (C=O) groups excluding carboxylic acids is 1. The molecule has 0 spiro atoms. The third kappa shape index (κ3) is 2.08. The van der Waals surface area contributed by atoms with Gasteiger partial charge in [0, 0.05) is 3.57 Å². The van der Waals surface area contributed by atoms with E-state index in [0.717, 1.165) is 0 Å². The molecule has 0 bridgehead atoms. The normalized spacial score (nSPS) is 10.0. The lowest BCUT2D eigenvalue weighted by atomic mass is 10.2. The predicted octanol–water partition coefficient (Wildman–Crippen LogP) is 3.46. The lowest BCUT2D eigenvalue weighted by Crippen LogP contribution is -1.96. The van der Waals surface area contributed by atoms with Gasteiger partial charge in [0.05, 0.1) is 10.6 Å². The van der Waals surface area contributed by atoms with Crippen molar-refractivity contribution in [2.45, 2.75) is 0 Å². The Balaban J connectivity index is 3.38. The predicted molar refractivity (Wildman–Crippen MR) is 54.3 cm³/mol.